The summed E-state index contributed by atoms with van der Waals surface area (Å²) in [6, 6.07) is 12.2. The molecule has 0 fully saturated rings. The maximum Gasteiger partial charge on any atom is 0.234 e. The second-order valence-corrected chi connectivity index (χ2v) is 6.83. The fourth-order valence-electron chi connectivity index (χ4n) is 2.54. The topological polar surface area (TPSA) is 69.0 Å². The molecule has 140 valence electrons. The number of rotatable bonds is 6. The largest absolute Gasteiger partial charge is 0.496 e. The van der Waals surface area contributed by atoms with Gasteiger partial charge in [0.1, 0.15) is 11.6 Å². The summed E-state index contributed by atoms with van der Waals surface area (Å²) in [5, 5.41) is 11.5. The van der Waals surface area contributed by atoms with Crippen molar-refractivity contribution in [1.82, 2.24) is 14.8 Å². The standard InChI is InChI=1S/C19H19FN4O2S/c1-12-8-9-15(14(20)10-12)21-17(25)11-27-19-23-22-18(24(19)2)13-6-4-5-7-16(13)26-3/h4-10H,11H2,1-3H3,(H,21,25). The van der Waals surface area contributed by atoms with Gasteiger partial charge in [0.15, 0.2) is 11.0 Å². The number of para-hydroxylation sites is 1. The van der Waals surface area contributed by atoms with Gasteiger partial charge < -0.3 is 14.6 Å². The van der Waals surface area contributed by atoms with Crippen LogP contribution in [0.2, 0.25) is 0 Å². The van der Waals surface area contributed by atoms with Crippen LogP contribution in [0.5, 0.6) is 5.75 Å². The van der Waals surface area contributed by atoms with Gasteiger partial charge >= 0.3 is 0 Å². The first-order chi connectivity index (χ1) is 13.0. The van der Waals surface area contributed by atoms with E-state index in [1.807, 2.05) is 31.3 Å². The van der Waals surface area contributed by atoms with Crippen LogP contribution in [-0.4, -0.2) is 33.5 Å². The number of methoxy groups -OCH3 is 1. The summed E-state index contributed by atoms with van der Waals surface area (Å²) in [6.07, 6.45) is 0. The fourth-order valence-corrected chi connectivity index (χ4v) is 3.25. The first-order valence-corrected chi connectivity index (χ1v) is 9.19. The second kappa shape index (κ2) is 8.22. The molecule has 3 aromatic rings. The number of carbonyl (C=O) groups excluding carboxylic acids is 1. The van der Waals surface area contributed by atoms with Gasteiger partial charge in [-0.25, -0.2) is 4.39 Å². The molecule has 27 heavy (non-hydrogen) atoms. The number of hydrogen-bond donors (Lipinski definition) is 1. The maximum absolute atomic E-state index is 13.8. The number of thioether (sulfide) groups is 1. The molecule has 0 saturated carbocycles. The second-order valence-electron chi connectivity index (χ2n) is 5.89. The minimum absolute atomic E-state index is 0.0885. The SMILES string of the molecule is COc1ccccc1-c1nnc(SCC(=O)Nc2ccc(C)cc2F)n1C. The van der Waals surface area contributed by atoms with Gasteiger partial charge in [-0.15, -0.1) is 10.2 Å². The lowest BCUT2D eigenvalue weighted by molar-refractivity contribution is -0.113. The molecule has 0 aliphatic rings. The number of halogens is 1. The van der Waals surface area contributed by atoms with Gasteiger partial charge in [-0.3, -0.25) is 4.79 Å². The van der Waals surface area contributed by atoms with E-state index in [4.69, 9.17) is 4.74 Å². The molecule has 1 N–H and O–H groups in total. The highest BCUT2D eigenvalue weighted by Crippen LogP contribution is 2.30. The van der Waals surface area contributed by atoms with E-state index >= 15 is 0 Å². The van der Waals surface area contributed by atoms with Crippen molar-refractivity contribution in [1.29, 1.82) is 0 Å². The molecule has 0 aliphatic carbocycles. The van der Waals surface area contributed by atoms with Gasteiger partial charge in [-0.1, -0.05) is 30.0 Å². The monoisotopic (exact) mass is 386 g/mol. The van der Waals surface area contributed by atoms with Crippen LogP contribution in [0.4, 0.5) is 10.1 Å². The van der Waals surface area contributed by atoms with Gasteiger partial charge in [0.05, 0.1) is 24.1 Å². The Bertz CT molecular complexity index is 974. The van der Waals surface area contributed by atoms with Gasteiger partial charge in [0.2, 0.25) is 5.91 Å². The van der Waals surface area contributed by atoms with Crippen molar-refractivity contribution in [2.45, 2.75) is 12.1 Å². The van der Waals surface area contributed by atoms with Crippen molar-refractivity contribution in [3.05, 3.63) is 53.8 Å². The normalized spacial score (nSPS) is 10.7. The predicted octanol–water partition coefficient (Wildman–Crippen LogP) is 3.67. The summed E-state index contributed by atoms with van der Waals surface area (Å²) in [6.45, 7) is 1.79. The van der Waals surface area contributed by atoms with Gasteiger partial charge in [-0.2, -0.15) is 0 Å². The molecule has 2 aromatic carbocycles. The minimum Gasteiger partial charge on any atom is -0.496 e. The molecule has 3 rings (SSSR count). The predicted molar refractivity (Wildman–Crippen MR) is 103 cm³/mol. The quantitative estimate of drug-likeness (QED) is 0.655. The number of amides is 1. The lowest BCUT2D eigenvalue weighted by Crippen LogP contribution is -2.15. The van der Waals surface area contributed by atoms with Crippen molar-refractivity contribution in [3.63, 3.8) is 0 Å². The third kappa shape index (κ3) is 4.28. The van der Waals surface area contributed by atoms with Crippen molar-refractivity contribution in [2.75, 3.05) is 18.2 Å². The van der Waals surface area contributed by atoms with Crippen molar-refractivity contribution in [3.8, 4) is 17.1 Å². The Morgan fingerprint density at radius 2 is 2.04 bits per heavy atom. The van der Waals surface area contributed by atoms with E-state index in [9.17, 15) is 9.18 Å². The summed E-state index contributed by atoms with van der Waals surface area (Å²) in [7, 11) is 3.42. The molecule has 0 saturated heterocycles. The van der Waals surface area contributed by atoms with Crippen LogP contribution in [0.3, 0.4) is 0 Å². The third-order valence-electron chi connectivity index (χ3n) is 3.91. The van der Waals surface area contributed by atoms with Crippen molar-refractivity contribution in [2.24, 2.45) is 7.05 Å². The lowest BCUT2D eigenvalue weighted by atomic mass is 10.2. The van der Waals surface area contributed by atoms with Crippen LogP contribution in [0, 0.1) is 12.7 Å². The van der Waals surface area contributed by atoms with E-state index < -0.39 is 5.82 Å². The molecule has 1 amide bonds. The van der Waals surface area contributed by atoms with E-state index in [2.05, 4.69) is 15.5 Å². The lowest BCUT2D eigenvalue weighted by Gasteiger charge is -2.08. The van der Waals surface area contributed by atoms with E-state index in [0.29, 0.717) is 16.7 Å². The number of ether oxygens (including phenoxy) is 1. The van der Waals surface area contributed by atoms with Crippen molar-refractivity contribution >= 4 is 23.4 Å². The Labute approximate surface area is 160 Å². The molecule has 0 aliphatic heterocycles. The zero-order chi connectivity index (χ0) is 19.4. The Hall–Kier alpha value is -2.87. The zero-order valence-corrected chi connectivity index (χ0v) is 16.0. The molecule has 0 radical (unpaired) electrons. The number of hydrogen-bond acceptors (Lipinski definition) is 5. The highest BCUT2D eigenvalue weighted by atomic mass is 32.2. The summed E-state index contributed by atoms with van der Waals surface area (Å²) in [4.78, 5) is 12.1. The van der Waals surface area contributed by atoms with E-state index in [0.717, 1.165) is 11.1 Å². The van der Waals surface area contributed by atoms with Crippen LogP contribution in [0.15, 0.2) is 47.6 Å². The first kappa shape index (κ1) is 18.9. The van der Waals surface area contributed by atoms with Crippen LogP contribution >= 0.6 is 11.8 Å². The summed E-state index contributed by atoms with van der Waals surface area (Å²) in [5.41, 5.74) is 1.77. The Morgan fingerprint density at radius 3 is 2.78 bits per heavy atom. The van der Waals surface area contributed by atoms with Crippen molar-refractivity contribution < 1.29 is 13.9 Å². The average Bonchev–Trinajstić information content (AvgIpc) is 3.02. The number of benzene rings is 2. The highest BCUT2D eigenvalue weighted by Gasteiger charge is 2.16. The Balaban J connectivity index is 1.68. The molecular formula is C19H19FN4O2S. The van der Waals surface area contributed by atoms with Gasteiger partial charge in [0, 0.05) is 7.05 Å². The molecule has 8 heteroatoms. The highest BCUT2D eigenvalue weighted by molar-refractivity contribution is 7.99. The number of anilines is 1. The number of nitrogens with zero attached hydrogens (tertiary/aromatic N) is 3. The number of aromatic nitrogens is 3. The minimum atomic E-state index is -0.453. The molecule has 0 atom stereocenters. The molecule has 0 spiro atoms. The molecule has 0 bridgehead atoms. The van der Waals surface area contributed by atoms with E-state index in [1.165, 1.54) is 17.8 Å². The molecule has 1 aromatic heterocycles. The van der Waals surface area contributed by atoms with Gasteiger partial charge in [-0.05, 0) is 36.8 Å². The summed E-state index contributed by atoms with van der Waals surface area (Å²) < 4.78 is 21.0. The summed E-state index contributed by atoms with van der Waals surface area (Å²) >= 11 is 1.23. The molecule has 1 heterocycles. The van der Waals surface area contributed by atoms with E-state index in [-0.39, 0.29) is 17.3 Å². The van der Waals surface area contributed by atoms with Gasteiger partial charge in [0.25, 0.3) is 0 Å². The maximum atomic E-state index is 13.8. The summed E-state index contributed by atoms with van der Waals surface area (Å²) in [5.74, 6) is 0.651. The molecule has 6 nitrogen and oxygen atoms in total. The van der Waals surface area contributed by atoms with E-state index in [1.54, 1.807) is 30.7 Å². The zero-order valence-electron chi connectivity index (χ0n) is 15.2. The number of carbonyl (C=O) groups is 1. The first-order valence-electron chi connectivity index (χ1n) is 8.21. The third-order valence-corrected chi connectivity index (χ3v) is 4.93. The molecule has 0 unspecified atom stereocenters. The van der Waals surface area contributed by atoms with Crippen LogP contribution in [0.1, 0.15) is 5.56 Å². The molecular weight excluding hydrogens is 367 g/mol. The number of nitrogens with one attached hydrogen (secondary N) is 1. The van der Waals surface area contributed by atoms with Crippen LogP contribution in [0.25, 0.3) is 11.4 Å². The average molecular weight is 386 g/mol. The fraction of sp³-hybridized carbons (Fsp3) is 0.211. The smallest absolute Gasteiger partial charge is 0.234 e. The Kier molecular flexibility index (Phi) is 5.75. The Morgan fingerprint density at radius 1 is 1.26 bits per heavy atom. The van der Waals surface area contributed by atoms with Crippen LogP contribution < -0.4 is 10.1 Å². The number of aryl methyl sites for hydroxylation is 1. The van der Waals surface area contributed by atoms with Crippen LogP contribution in [-0.2, 0) is 11.8 Å².